The van der Waals surface area contributed by atoms with Gasteiger partial charge in [-0.3, -0.25) is 11.3 Å². The molecule has 0 heterocycles. The summed E-state index contributed by atoms with van der Waals surface area (Å²) in [5.74, 6) is 6.48. The molecule has 0 fully saturated rings. The normalized spacial score (nSPS) is 14.4. The van der Waals surface area contributed by atoms with Crippen molar-refractivity contribution in [1.82, 2.24) is 5.43 Å². The Hall–Kier alpha value is -0.380. The zero-order chi connectivity index (χ0) is 13.4. The summed E-state index contributed by atoms with van der Waals surface area (Å²) in [6, 6.07) is 8.66. The Morgan fingerprint density at radius 3 is 2.67 bits per heavy atom. The van der Waals surface area contributed by atoms with Crippen LogP contribution in [0, 0.1) is 5.92 Å². The Labute approximate surface area is 119 Å². The standard InChI is InChI=1S/C15H25BrN2/c1-3-5-7-12(4-2)10-15(18-17)13-8-6-9-14(16)11-13/h6,8-9,11-12,15,18H,3-5,7,10,17H2,1-2H3. The van der Waals surface area contributed by atoms with Gasteiger partial charge in [-0.15, -0.1) is 0 Å². The molecule has 0 spiro atoms. The topological polar surface area (TPSA) is 38.0 Å². The highest BCUT2D eigenvalue weighted by Gasteiger charge is 2.15. The molecule has 1 rings (SSSR count). The SMILES string of the molecule is CCCCC(CC)CC(NN)c1cccc(Br)c1. The number of halogens is 1. The lowest BCUT2D eigenvalue weighted by Gasteiger charge is -2.22. The fourth-order valence-electron chi connectivity index (χ4n) is 2.34. The van der Waals surface area contributed by atoms with Crippen LogP contribution in [0.25, 0.3) is 0 Å². The summed E-state index contributed by atoms with van der Waals surface area (Å²) >= 11 is 3.52. The fraction of sp³-hybridized carbons (Fsp3) is 0.600. The molecule has 2 unspecified atom stereocenters. The maximum Gasteiger partial charge on any atom is 0.0463 e. The highest BCUT2D eigenvalue weighted by atomic mass is 79.9. The van der Waals surface area contributed by atoms with E-state index in [4.69, 9.17) is 5.84 Å². The van der Waals surface area contributed by atoms with E-state index in [-0.39, 0.29) is 6.04 Å². The van der Waals surface area contributed by atoms with Crippen molar-refractivity contribution in [1.29, 1.82) is 0 Å². The molecule has 0 aromatic heterocycles. The molecule has 2 nitrogen and oxygen atoms in total. The molecule has 0 aliphatic heterocycles. The second-order valence-corrected chi connectivity index (χ2v) is 5.84. The molecule has 3 N–H and O–H groups in total. The Balaban J connectivity index is 2.65. The van der Waals surface area contributed by atoms with E-state index in [1.807, 2.05) is 6.07 Å². The lowest BCUT2D eigenvalue weighted by atomic mass is 9.89. The van der Waals surface area contributed by atoms with Crippen LogP contribution in [0.5, 0.6) is 0 Å². The number of benzene rings is 1. The molecule has 102 valence electrons. The average Bonchev–Trinajstić information content (AvgIpc) is 2.39. The molecule has 0 aliphatic carbocycles. The lowest BCUT2D eigenvalue weighted by Crippen LogP contribution is -2.29. The van der Waals surface area contributed by atoms with Crippen molar-refractivity contribution in [3.63, 3.8) is 0 Å². The molecule has 0 aliphatic rings. The molecule has 3 heteroatoms. The minimum absolute atomic E-state index is 0.254. The summed E-state index contributed by atoms with van der Waals surface area (Å²) in [5, 5.41) is 0. The number of hydrazine groups is 1. The van der Waals surface area contributed by atoms with Gasteiger partial charge in [0.1, 0.15) is 0 Å². The van der Waals surface area contributed by atoms with Crippen molar-refractivity contribution >= 4 is 15.9 Å². The van der Waals surface area contributed by atoms with Gasteiger partial charge in [0.25, 0.3) is 0 Å². The Bertz CT molecular complexity index is 341. The third-order valence-electron chi connectivity index (χ3n) is 3.56. The smallest absolute Gasteiger partial charge is 0.0463 e. The lowest BCUT2D eigenvalue weighted by molar-refractivity contribution is 0.356. The molecule has 1 aromatic carbocycles. The van der Waals surface area contributed by atoms with E-state index in [2.05, 4.69) is 53.4 Å². The third kappa shape index (κ3) is 5.09. The highest BCUT2D eigenvalue weighted by molar-refractivity contribution is 9.10. The molecule has 0 radical (unpaired) electrons. The predicted molar refractivity (Wildman–Crippen MR) is 82.1 cm³/mol. The van der Waals surface area contributed by atoms with Gasteiger partial charge in [-0.05, 0) is 30.0 Å². The molecule has 2 atom stereocenters. The molecule has 0 amide bonds. The fourth-order valence-corrected chi connectivity index (χ4v) is 2.76. The van der Waals surface area contributed by atoms with E-state index in [9.17, 15) is 0 Å². The first-order valence-corrected chi connectivity index (χ1v) is 7.72. The highest BCUT2D eigenvalue weighted by Crippen LogP contribution is 2.27. The zero-order valence-corrected chi connectivity index (χ0v) is 13.0. The maximum atomic E-state index is 5.72. The van der Waals surface area contributed by atoms with Gasteiger partial charge in [0.2, 0.25) is 0 Å². The van der Waals surface area contributed by atoms with Crippen LogP contribution in [0.1, 0.15) is 57.6 Å². The van der Waals surface area contributed by atoms with Crippen molar-refractivity contribution in [2.24, 2.45) is 11.8 Å². The first-order chi connectivity index (χ1) is 8.71. The van der Waals surface area contributed by atoms with Crippen LogP contribution in [0.2, 0.25) is 0 Å². The van der Waals surface area contributed by atoms with Crippen molar-refractivity contribution in [2.45, 2.75) is 52.0 Å². The van der Waals surface area contributed by atoms with Crippen molar-refractivity contribution in [2.75, 3.05) is 0 Å². The minimum Gasteiger partial charge on any atom is -0.271 e. The van der Waals surface area contributed by atoms with Crippen LogP contribution < -0.4 is 11.3 Å². The van der Waals surface area contributed by atoms with Crippen molar-refractivity contribution in [3.8, 4) is 0 Å². The first-order valence-electron chi connectivity index (χ1n) is 6.92. The summed E-state index contributed by atoms with van der Waals surface area (Å²) in [6.07, 6.45) is 6.23. The van der Waals surface area contributed by atoms with E-state index >= 15 is 0 Å². The monoisotopic (exact) mass is 312 g/mol. The Kier molecular flexibility index (Phi) is 7.56. The summed E-state index contributed by atoms with van der Waals surface area (Å²) in [6.45, 7) is 4.52. The maximum absolute atomic E-state index is 5.72. The van der Waals surface area contributed by atoms with Crippen LogP contribution in [0.4, 0.5) is 0 Å². The number of nitrogens with one attached hydrogen (secondary N) is 1. The molecule has 0 saturated carbocycles. The number of nitrogens with two attached hydrogens (primary N) is 1. The summed E-state index contributed by atoms with van der Waals surface area (Å²) in [7, 11) is 0. The largest absolute Gasteiger partial charge is 0.271 e. The summed E-state index contributed by atoms with van der Waals surface area (Å²) < 4.78 is 1.11. The van der Waals surface area contributed by atoms with E-state index in [0.717, 1.165) is 16.8 Å². The molecule has 0 saturated heterocycles. The molecule has 0 bridgehead atoms. The quantitative estimate of drug-likeness (QED) is 0.545. The van der Waals surface area contributed by atoms with Gasteiger partial charge in [0.05, 0.1) is 0 Å². The average molecular weight is 313 g/mol. The van der Waals surface area contributed by atoms with Crippen LogP contribution in [0.15, 0.2) is 28.7 Å². The number of hydrogen-bond donors (Lipinski definition) is 2. The van der Waals surface area contributed by atoms with E-state index < -0.39 is 0 Å². The Morgan fingerprint density at radius 2 is 2.11 bits per heavy atom. The molecular formula is C15H25BrN2. The summed E-state index contributed by atoms with van der Waals surface area (Å²) in [4.78, 5) is 0. The van der Waals surface area contributed by atoms with Crippen LogP contribution in [0.3, 0.4) is 0 Å². The third-order valence-corrected chi connectivity index (χ3v) is 4.06. The second-order valence-electron chi connectivity index (χ2n) is 4.93. The second kappa shape index (κ2) is 8.68. The van der Waals surface area contributed by atoms with E-state index in [0.29, 0.717) is 0 Å². The van der Waals surface area contributed by atoms with Crippen molar-refractivity contribution in [3.05, 3.63) is 34.3 Å². The van der Waals surface area contributed by atoms with Gasteiger partial charge < -0.3 is 0 Å². The van der Waals surface area contributed by atoms with Crippen molar-refractivity contribution < 1.29 is 0 Å². The van der Waals surface area contributed by atoms with Gasteiger partial charge in [-0.1, -0.05) is 67.6 Å². The van der Waals surface area contributed by atoms with Gasteiger partial charge >= 0.3 is 0 Å². The number of rotatable bonds is 8. The molecule has 1 aromatic rings. The van der Waals surface area contributed by atoms with Gasteiger partial charge in [0.15, 0.2) is 0 Å². The van der Waals surface area contributed by atoms with E-state index in [1.165, 1.54) is 31.2 Å². The Morgan fingerprint density at radius 1 is 1.33 bits per heavy atom. The first kappa shape index (κ1) is 15.7. The number of unbranched alkanes of at least 4 members (excludes halogenated alkanes) is 1. The van der Waals surface area contributed by atoms with Gasteiger partial charge in [-0.2, -0.15) is 0 Å². The van der Waals surface area contributed by atoms with Crippen LogP contribution in [-0.4, -0.2) is 0 Å². The molecular weight excluding hydrogens is 288 g/mol. The van der Waals surface area contributed by atoms with Crippen LogP contribution >= 0.6 is 15.9 Å². The van der Waals surface area contributed by atoms with Crippen LogP contribution in [-0.2, 0) is 0 Å². The number of hydrogen-bond acceptors (Lipinski definition) is 2. The molecule has 18 heavy (non-hydrogen) atoms. The van der Waals surface area contributed by atoms with Gasteiger partial charge in [-0.25, -0.2) is 0 Å². The zero-order valence-electron chi connectivity index (χ0n) is 11.5. The minimum atomic E-state index is 0.254. The van der Waals surface area contributed by atoms with Gasteiger partial charge in [0, 0.05) is 10.5 Å². The summed E-state index contributed by atoms with van der Waals surface area (Å²) in [5.41, 5.74) is 4.23. The predicted octanol–water partition coefficient (Wildman–Crippen LogP) is 4.56. The van der Waals surface area contributed by atoms with E-state index in [1.54, 1.807) is 0 Å².